The Morgan fingerprint density at radius 3 is 2.68 bits per heavy atom. The van der Waals surface area contributed by atoms with E-state index in [9.17, 15) is 9.59 Å². The van der Waals surface area contributed by atoms with E-state index in [1.807, 2.05) is 31.2 Å². The quantitative estimate of drug-likeness (QED) is 0.670. The maximum Gasteiger partial charge on any atom is 0.307 e. The van der Waals surface area contributed by atoms with E-state index in [0.717, 1.165) is 44.8 Å². The monoisotopic (exact) mass is 348 g/mol. The maximum absolute atomic E-state index is 12.8. The van der Waals surface area contributed by atoms with Crippen molar-refractivity contribution in [1.29, 1.82) is 0 Å². The molecule has 1 heterocycles. The number of amides is 1. The zero-order chi connectivity index (χ0) is 18.1. The number of morpholine rings is 1. The van der Waals surface area contributed by atoms with E-state index in [1.165, 1.54) is 7.11 Å². The molecule has 0 radical (unpaired) electrons. The minimum atomic E-state index is -0.296. The molecule has 6 heteroatoms. The molecule has 138 valence electrons. The molecule has 1 amide bonds. The Labute approximate surface area is 149 Å². The highest BCUT2D eigenvalue weighted by molar-refractivity contribution is 5.94. The van der Waals surface area contributed by atoms with Crippen molar-refractivity contribution in [3.63, 3.8) is 0 Å². The Kier molecular flexibility index (Phi) is 7.88. The lowest BCUT2D eigenvalue weighted by molar-refractivity contribution is -0.140. The Hall–Kier alpha value is -1.92. The van der Waals surface area contributed by atoms with E-state index < -0.39 is 0 Å². The van der Waals surface area contributed by atoms with Gasteiger partial charge in [-0.1, -0.05) is 17.7 Å². The van der Waals surface area contributed by atoms with Crippen molar-refractivity contribution in [2.24, 2.45) is 0 Å². The van der Waals surface area contributed by atoms with Crippen LogP contribution in [0.1, 0.15) is 28.8 Å². The lowest BCUT2D eigenvalue weighted by atomic mass is 10.1. The highest BCUT2D eigenvalue weighted by atomic mass is 16.5. The first-order valence-electron chi connectivity index (χ1n) is 8.83. The van der Waals surface area contributed by atoms with Gasteiger partial charge in [-0.05, 0) is 25.5 Å². The predicted molar refractivity (Wildman–Crippen MR) is 95.6 cm³/mol. The van der Waals surface area contributed by atoms with E-state index in [0.29, 0.717) is 18.7 Å². The van der Waals surface area contributed by atoms with Crippen molar-refractivity contribution >= 4 is 11.9 Å². The average molecular weight is 348 g/mol. The van der Waals surface area contributed by atoms with Gasteiger partial charge in [-0.2, -0.15) is 0 Å². The van der Waals surface area contributed by atoms with Gasteiger partial charge in [0, 0.05) is 38.3 Å². The van der Waals surface area contributed by atoms with Crippen LogP contribution in [0.15, 0.2) is 24.3 Å². The second-order valence-electron chi connectivity index (χ2n) is 6.30. The minimum Gasteiger partial charge on any atom is -0.469 e. The number of hydrogen-bond acceptors (Lipinski definition) is 5. The molecule has 0 aromatic heterocycles. The fourth-order valence-corrected chi connectivity index (χ4v) is 2.91. The van der Waals surface area contributed by atoms with E-state index in [4.69, 9.17) is 9.47 Å². The van der Waals surface area contributed by atoms with Gasteiger partial charge in [0.1, 0.15) is 0 Å². The number of aryl methyl sites for hydroxylation is 1. The van der Waals surface area contributed by atoms with Gasteiger partial charge in [-0.15, -0.1) is 0 Å². The van der Waals surface area contributed by atoms with Gasteiger partial charge >= 0.3 is 5.97 Å². The molecule has 1 saturated heterocycles. The van der Waals surface area contributed by atoms with Crippen LogP contribution < -0.4 is 0 Å². The second-order valence-corrected chi connectivity index (χ2v) is 6.30. The molecule has 0 bridgehead atoms. The van der Waals surface area contributed by atoms with Gasteiger partial charge in [-0.25, -0.2) is 0 Å². The summed E-state index contributed by atoms with van der Waals surface area (Å²) >= 11 is 0. The van der Waals surface area contributed by atoms with Crippen molar-refractivity contribution < 1.29 is 19.1 Å². The molecular weight excluding hydrogens is 320 g/mol. The Morgan fingerprint density at radius 1 is 1.24 bits per heavy atom. The van der Waals surface area contributed by atoms with Crippen LogP contribution in [0.5, 0.6) is 0 Å². The van der Waals surface area contributed by atoms with Gasteiger partial charge in [0.25, 0.3) is 5.91 Å². The Morgan fingerprint density at radius 2 is 2.00 bits per heavy atom. The Balaban J connectivity index is 1.93. The molecule has 0 unspecified atom stereocenters. The van der Waals surface area contributed by atoms with Crippen LogP contribution >= 0.6 is 0 Å². The van der Waals surface area contributed by atoms with Crippen LogP contribution in [0, 0.1) is 6.92 Å². The molecule has 1 fully saturated rings. The van der Waals surface area contributed by atoms with Crippen molar-refractivity contribution in [1.82, 2.24) is 9.80 Å². The lowest BCUT2D eigenvalue weighted by Crippen LogP contribution is -2.39. The first-order valence-corrected chi connectivity index (χ1v) is 8.83. The number of carbonyl (C=O) groups is 2. The normalized spacial score (nSPS) is 15.0. The fraction of sp³-hybridized carbons (Fsp3) is 0.579. The number of ether oxygens (including phenoxy) is 2. The molecule has 1 aromatic rings. The molecule has 1 aliphatic heterocycles. The van der Waals surface area contributed by atoms with Crippen molar-refractivity contribution in [2.45, 2.75) is 19.8 Å². The summed E-state index contributed by atoms with van der Waals surface area (Å²) in [7, 11) is 1.37. The molecule has 6 nitrogen and oxygen atoms in total. The molecule has 25 heavy (non-hydrogen) atoms. The zero-order valence-corrected chi connectivity index (χ0v) is 15.2. The first-order chi connectivity index (χ1) is 12.1. The number of nitrogens with zero attached hydrogens (tertiary/aromatic N) is 2. The predicted octanol–water partition coefficient (Wildman–Crippen LogP) is 1.72. The van der Waals surface area contributed by atoms with Crippen LogP contribution in [0.3, 0.4) is 0 Å². The third-order valence-corrected chi connectivity index (χ3v) is 4.37. The van der Waals surface area contributed by atoms with Gasteiger partial charge < -0.3 is 14.4 Å². The summed E-state index contributed by atoms with van der Waals surface area (Å²) in [5.74, 6) is -0.329. The van der Waals surface area contributed by atoms with Crippen LogP contribution in [-0.2, 0) is 14.3 Å². The smallest absolute Gasteiger partial charge is 0.307 e. The van der Waals surface area contributed by atoms with Crippen molar-refractivity contribution in [3.8, 4) is 0 Å². The summed E-state index contributed by atoms with van der Waals surface area (Å²) < 4.78 is 10.1. The Bertz CT molecular complexity index is 570. The van der Waals surface area contributed by atoms with Gasteiger partial charge in [0.05, 0.1) is 26.7 Å². The van der Waals surface area contributed by atoms with Crippen LogP contribution in [0.4, 0.5) is 0 Å². The molecule has 2 rings (SSSR count). The van der Waals surface area contributed by atoms with E-state index in [-0.39, 0.29) is 18.3 Å². The number of carbonyl (C=O) groups excluding carboxylic acids is 2. The van der Waals surface area contributed by atoms with E-state index in [2.05, 4.69) is 4.90 Å². The molecule has 0 aliphatic carbocycles. The standard InChI is InChI=1S/C19H28N2O4/c1-16-5-3-6-17(15-16)19(23)21(10-7-18(22)24-2)9-4-8-20-11-13-25-14-12-20/h3,5-6,15H,4,7-14H2,1-2H3. The summed E-state index contributed by atoms with van der Waals surface area (Å²) in [6, 6.07) is 7.56. The molecule has 0 atom stereocenters. The third kappa shape index (κ3) is 6.48. The van der Waals surface area contributed by atoms with Crippen LogP contribution in [-0.4, -0.2) is 74.7 Å². The summed E-state index contributed by atoms with van der Waals surface area (Å²) in [4.78, 5) is 28.4. The minimum absolute atomic E-state index is 0.0328. The van der Waals surface area contributed by atoms with Gasteiger partial charge in [-0.3, -0.25) is 14.5 Å². The second kappa shape index (κ2) is 10.2. The summed E-state index contributed by atoms with van der Waals surface area (Å²) in [5, 5.41) is 0. The number of benzene rings is 1. The zero-order valence-electron chi connectivity index (χ0n) is 15.2. The number of rotatable bonds is 8. The van der Waals surface area contributed by atoms with Crippen LogP contribution in [0.2, 0.25) is 0 Å². The summed E-state index contributed by atoms with van der Waals surface area (Å²) in [6.45, 7) is 7.32. The van der Waals surface area contributed by atoms with Gasteiger partial charge in [0.2, 0.25) is 0 Å². The largest absolute Gasteiger partial charge is 0.469 e. The molecule has 1 aliphatic rings. The highest BCUT2D eigenvalue weighted by Gasteiger charge is 2.18. The molecule has 0 spiro atoms. The topological polar surface area (TPSA) is 59.1 Å². The molecule has 0 saturated carbocycles. The average Bonchev–Trinajstić information content (AvgIpc) is 2.64. The number of esters is 1. The first kappa shape index (κ1) is 19.4. The third-order valence-electron chi connectivity index (χ3n) is 4.37. The molecular formula is C19H28N2O4. The number of hydrogen-bond donors (Lipinski definition) is 0. The molecule has 1 aromatic carbocycles. The van der Waals surface area contributed by atoms with E-state index in [1.54, 1.807) is 4.90 Å². The summed E-state index contributed by atoms with van der Waals surface area (Å²) in [5.41, 5.74) is 1.71. The van der Waals surface area contributed by atoms with E-state index >= 15 is 0 Å². The van der Waals surface area contributed by atoms with Crippen molar-refractivity contribution in [2.75, 3.05) is 53.0 Å². The van der Waals surface area contributed by atoms with Crippen LogP contribution in [0.25, 0.3) is 0 Å². The SMILES string of the molecule is COC(=O)CCN(CCCN1CCOCC1)C(=O)c1cccc(C)c1. The number of methoxy groups -OCH3 is 1. The maximum atomic E-state index is 12.8. The van der Waals surface area contributed by atoms with Gasteiger partial charge in [0.15, 0.2) is 0 Å². The summed E-state index contributed by atoms with van der Waals surface area (Å²) in [6.07, 6.45) is 1.09. The lowest BCUT2D eigenvalue weighted by Gasteiger charge is -2.28. The fourth-order valence-electron chi connectivity index (χ4n) is 2.91. The van der Waals surface area contributed by atoms with Crippen molar-refractivity contribution in [3.05, 3.63) is 35.4 Å². The molecule has 0 N–H and O–H groups in total. The highest BCUT2D eigenvalue weighted by Crippen LogP contribution is 2.10.